The Hall–Kier alpha value is -3.60. The Morgan fingerprint density at radius 2 is 1.61 bits per heavy atom. The van der Waals surface area contributed by atoms with E-state index >= 15 is 0 Å². The van der Waals surface area contributed by atoms with Gasteiger partial charge in [-0.2, -0.15) is 4.98 Å². The second-order valence-corrected chi connectivity index (χ2v) is 7.95. The molecule has 2 heterocycles. The number of benzene rings is 3. The fraction of sp³-hybridized carbons (Fsp3) is 0.231. The Balaban J connectivity index is 1.33. The molecule has 0 spiro atoms. The van der Waals surface area contributed by atoms with E-state index in [0.29, 0.717) is 12.6 Å². The molecule has 0 radical (unpaired) electrons. The number of hydrogen-bond donors (Lipinski definition) is 1. The second kappa shape index (κ2) is 8.64. The molecular formula is C26H25N3O2. The normalized spacial score (nSPS) is 16.2. The monoisotopic (exact) mass is 411 g/mol. The van der Waals surface area contributed by atoms with Crippen LogP contribution in [0, 0.1) is 0 Å². The Labute approximate surface area is 181 Å². The smallest absolute Gasteiger partial charge is 0.298 e. The fourth-order valence-electron chi connectivity index (χ4n) is 4.39. The minimum atomic E-state index is -0.332. The van der Waals surface area contributed by atoms with Gasteiger partial charge in [0, 0.05) is 13.1 Å². The van der Waals surface area contributed by atoms with Gasteiger partial charge >= 0.3 is 0 Å². The molecule has 1 amide bonds. The standard InChI is InChI=1S/C26H25N3O2/c30-25(24(19-10-3-1-4-11-19)20-12-5-2-6-13-20)27-18-21-14-9-17-29(21)26-28-22-15-7-8-16-23(22)31-26/h1-8,10-13,15-16,21,24H,9,14,17-18H2,(H,27,30). The third-order valence-corrected chi connectivity index (χ3v) is 5.95. The maximum absolute atomic E-state index is 13.3. The largest absolute Gasteiger partial charge is 0.423 e. The molecule has 5 heteroatoms. The summed E-state index contributed by atoms with van der Waals surface area (Å²) in [5.41, 5.74) is 3.64. The van der Waals surface area contributed by atoms with E-state index in [9.17, 15) is 4.79 Å². The zero-order valence-corrected chi connectivity index (χ0v) is 17.3. The number of hydrogen-bond acceptors (Lipinski definition) is 4. The molecule has 1 aliphatic heterocycles. The van der Waals surface area contributed by atoms with Crippen molar-refractivity contribution in [3.63, 3.8) is 0 Å². The Morgan fingerprint density at radius 3 is 2.29 bits per heavy atom. The molecule has 0 bridgehead atoms. The van der Waals surface area contributed by atoms with Crippen LogP contribution >= 0.6 is 0 Å². The maximum atomic E-state index is 13.3. The van der Waals surface area contributed by atoms with Gasteiger partial charge in [0.25, 0.3) is 6.01 Å². The minimum Gasteiger partial charge on any atom is -0.423 e. The van der Waals surface area contributed by atoms with Crippen molar-refractivity contribution in [2.45, 2.75) is 24.8 Å². The summed E-state index contributed by atoms with van der Waals surface area (Å²) < 4.78 is 5.98. The van der Waals surface area contributed by atoms with Crippen molar-refractivity contribution in [1.29, 1.82) is 0 Å². The molecule has 1 saturated heterocycles. The molecule has 1 fully saturated rings. The van der Waals surface area contributed by atoms with Gasteiger partial charge in [-0.1, -0.05) is 72.8 Å². The molecule has 1 atom stereocenters. The van der Waals surface area contributed by atoms with Crippen molar-refractivity contribution in [2.24, 2.45) is 0 Å². The summed E-state index contributed by atoms with van der Waals surface area (Å²) in [5, 5.41) is 3.21. The molecule has 31 heavy (non-hydrogen) atoms. The van der Waals surface area contributed by atoms with Crippen LogP contribution in [0.2, 0.25) is 0 Å². The molecule has 1 N–H and O–H groups in total. The van der Waals surface area contributed by atoms with Crippen molar-refractivity contribution in [2.75, 3.05) is 18.0 Å². The average molecular weight is 412 g/mol. The minimum absolute atomic E-state index is 0.0156. The van der Waals surface area contributed by atoms with Crippen LogP contribution in [-0.4, -0.2) is 30.0 Å². The molecule has 3 aromatic carbocycles. The lowest BCUT2D eigenvalue weighted by molar-refractivity contribution is -0.121. The first-order valence-corrected chi connectivity index (χ1v) is 10.8. The Kier molecular flexibility index (Phi) is 5.40. The second-order valence-electron chi connectivity index (χ2n) is 7.95. The SMILES string of the molecule is O=C(NCC1CCCN1c1nc2ccccc2o1)C(c1ccccc1)c1ccccc1. The van der Waals surface area contributed by atoms with Crippen LogP contribution in [0.1, 0.15) is 29.9 Å². The number of carbonyl (C=O) groups excluding carboxylic acids is 1. The molecule has 156 valence electrons. The van der Waals surface area contributed by atoms with Crippen LogP contribution in [0.15, 0.2) is 89.3 Å². The number of amides is 1. The van der Waals surface area contributed by atoms with E-state index in [1.54, 1.807) is 0 Å². The van der Waals surface area contributed by atoms with Crippen molar-refractivity contribution in [3.05, 3.63) is 96.1 Å². The number of carbonyl (C=O) groups is 1. The highest BCUT2D eigenvalue weighted by atomic mass is 16.4. The third kappa shape index (κ3) is 4.04. The van der Waals surface area contributed by atoms with Crippen LogP contribution < -0.4 is 10.2 Å². The lowest BCUT2D eigenvalue weighted by atomic mass is 9.90. The molecular weight excluding hydrogens is 386 g/mol. The molecule has 5 nitrogen and oxygen atoms in total. The number of nitrogens with zero attached hydrogens (tertiary/aromatic N) is 2. The van der Waals surface area contributed by atoms with E-state index in [2.05, 4.69) is 15.2 Å². The predicted molar refractivity (Wildman–Crippen MR) is 122 cm³/mol. The van der Waals surface area contributed by atoms with Crippen molar-refractivity contribution in [1.82, 2.24) is 10.3 Å². The van der Waals surface area contributed by atoms with Crippen LogP contribution in [0.5, 0.6) is 0 Å². The highest BCUT2D eigenvalue weighted by Gasteiger charge is 2.30. The van der Waals surface area contributed by atoms with Crippen molar-refractivity contribution >= 4 is 23.0 Å². The average Bonchev–Trinajstić information content (AvgIpc) is 3.46. The van der Waals surface area contributed by atoms with Crippen molar-refractivity contribution < 1.29 is 9.21 Å². The molecule has 5 rings (SSSR count). The summed E-state index contributed by atoms with van der Waals surface area (Å²) in [6, 6.07) is 28.5. The summed E-state index contributed by atoms with van der Waals surface area (Å²) in [7, 11) is 0. The number of oxazole rings is 1. The van der Waals surface area contributed by atoms with Gasteiger partial charge in [-0.3, -0.25) is 4.79 Å². The third-order valence-electron chi connectivity index (χ3n) is 5.95. The van der Waals surface area contributed by atoms with Gasteiger partial charge in [0.1, 0.15) is 5.52 Å². The van der Waals surface area contributed by atoms with Gasteiger partial charge < -0.3 is 14.6 Å². The highest BCUT2D eigenvalue weighted by Crippen LogP contribution is 2.29. The number of fused-ring (bicyclic) bond motifs is 1. The first-order chi connectivity index (χ1) is 15.3. The topological polar surface area (TPSA) is 58.4 Å². The molecule has 0 saturated carbocycles. The summed E-state index contributed by atoms with van der Waals surface area (Å²) in [6.07, 6.45) is 2.06. The number of para-hydroxylation sites is 2. The van der Waals surface area contributed by atoms with Gasteiger partial charge in [0.05, 0.1) is 12.0 Å². The maximum Gasteiger partial charge on any atom is 0.298 e. The van der Waals surface area contributed by atoms with E-state index < -0.39 is 0 Å². The van der Waals surface area contributed by atoms with E-state index in [0.717, 1.165) is 41.6 Å². The lowest BCUT2D eigenvalue weighted by Crippen LogP contribution is -2.42. The molecule has 1 aliphatic rings. The summed E-state index contributed by atoms with van der Waals surface area (Å²) in [5.74, 6) is -0.316. The summed E-state index contributed by atoms with van der Waals surface area (Å²) in [4.78, 5) is 20.1. The quantitative estimate of drug-likeness (QED) is 0.498. The van der Waals surface area contributed by atoms with Crippen LogP contribution in [0.3, 0.4) is 0 Å². The van der Waals surface area contributed by atoms with Crippen molar-refractivity contribution in [3.8, 4) is 0 Å². The zero-order chi connectivity index (χ0) is 21.0. The molecule has 1 unspecified atom stereocenters. The lowest BCUT2D eigenvalue weighted by Gasteiger charge is -2.24. The van der Waals surface area contributed by atoms with Gasteiger partial charge in [-0.15, -0.1) is 0 Å². The van der Waals surface area contributed by atoms with Gasteiger partial charge in [0.2, 0.25) is 5.91 Å². The number of aromatic nitrogens is 1. The van der Waals surface area contributed by atoms with Gasteiger partial charge in [-0.25, -0.2) is 0 Å². The van der Waals surface area contributed by atoms with Crippen LogP contribution in [-0.2, 0) is 4.79 Å². The number of nitrogens with one attached hydrogen (secondary N) is 1. The highest BCUT2D eigenvalue weighted by molar-refractivity contribution is 5.87. The molecule has 4 aromatic rings. The first-order valence-electron chi connectivity index (χ1n) is 10.8. The summed E-state index contributed by atoms with van der Waals surface area (Å²) >= 11 is 0. The fourth-order valence-corrected chi connectivity index (χ4v) is 4.39. The predicted octanol–water partition coefficient (Wildman–Crippen LogP) is 4.74. The molecule has 1 aromatic heterocycles. The van der Waals surface area contributed by atoms with E-state index in [1.807, 2.05) is 84.9 Å². The number of rotatable bonds is 6. The van der Waals surface area contributed by atoms with Crippen LogP contribution in [0.4, 0.5) is 6.01 Å². The first kappa shape index (κ1) is 19.4. The van der Waals surface area contributed by atoms with Gasteiger partial charge in [0.15, 0.2) is 5.58 Å². The van der Waals surface area contributed by atoms with Gasteiger partial charge in [-0.05, 0) is 36.1 Å². The van der Waals surface area contributed by atoms with E-state index in [1.165, 1.54) is 0 Å². The Morgan fingerprint density at radius 1 is 0.968 bits per heavy atom. The van der Waals surface area contributed by atoms with Crippen LogP contribution in [0.25, 0.3) is 11.1 Å². The summed E-state index contributed by atoms with van der Waals surface area (Å²) in [6.45, 7) is 1.45. The molecule has 0 aliphatic carbocycles. The number of anilines is 1. The Bertz CT molecular complexity index is 1080. The van der Waals surface area contributed by atoms with E-state index in [-0.39, 0.29) is 17.9 Å². The zero-order valence-electron chi connectivity index (χ0n) is 17.3. The van der Waals surface area contributed by atoms with E-state index in [4.69, 9.17) is 4.42 Å².